The van der Waals surface area contributed by atoms with Crippen LogP contribution in [0.4, 0.5) is 4.79 Å². The number of aliphatic hydroxyl groups excluding tert-OH is 1. The third-order valence-electron chi connectivity index (χ3n) is 4.33. The summed E-state index contributed by atoms with van der Waals surface area (Å²) in [4.78, 5) is 12.0. The molecule has 1 rings (SSSR count). The van der Waals surface area contributed by atoms with E-state index in [9.17, 15) is 4.79 Å². The van der Waals surface area contributed by atoms with Crippen molar-refractivity contribution in [1.29, 1.82) is 0 Å². The molecule has 3 N–H and O–H groups in total. The van der Waals surface area contributed by atoms with Gasteiger partial charge in [0.15, 0.2) is 0 Å². The monoisotopic (exact) mass is 270 g/mol. The van der Waals surface area contributed by atoms with E-state index in [-0.39, 0.29) is 29.5 Å². The predicted molar refractivity (Wildman–Crippen MR) is 78.1 cm³/mol. The Hall–Kier alpha value is -0.770. The number of rotatable bonds is 5. The van der Waals surface area contributed by atoms with Crippen molar-refractivity contribution in [2.24, 2.45) is 10.8 Å². The van der Waals surface area contributed by atoms with Crippen LogP contribution in [-0.2, 0) is 0 Å². The molecule has 2 amide bonds. The van der Waals surface area contributed by atoms with E-state index in [0.29, 0.717) is 13.0 Å². The maximum Gasteiger partial charge on any atom is 0.315 e. The first-order valence-corrected chi connectivity index (χ1v) is 7.42. The molecule has 1 unspecified atom stereocenters. The lowest BCUT2D eigenvalue weighted by atomic mass is 9.73. The summed E-state index contributed by atoms with van der Waals surface area (Å²) in [6.07, 6.45) is 5.40. The lowest BCUT2D eigenvalue weighted by molar-refractivity contribution is 0.162. The second kappa shape index (κ2) is 6.60. The molecule has 4 nitrogen and oxygen atoms in total. The van der Waals surface area contributed by atoms with Crippen molar-refractivity contribution >= 4 is 6.03 Å². The summed E-state index contributed by atoms with van der Waals surface area (Å²) in [6.45, 7) is 9.31. The molecule has 0 aromatic rings. The molecule has 0 aliphatic heterocycles. The van der Waals surface area contributed by atoms with Gasteiger partial charge in [-0.15, -0.1) is 0 Å². The Morgan fingerprint density at radius 2 is 2.05 bits per heavy atom. The molecule has 1 atom stereocenters. The van der Waals surface area contributed by atoms with E-state index in [1.165, 1.54) is 19.3 Å². The van der Waals surface area contributed by atoms with E-state index < -0.39 is 0 Å². The molecule has 0 saturated heterocycles. The van der Waals surface area contributed by atoms with Gasteiger partial charge in [-0.25, -0.2) is 4.79 Å². The molecule has 1 saturated carbocycles. The van der Waals surface area contributed by atoms with Gasteiger partial charge in [-0.3, -0.25) is 0 Å². The summed E-state index contributed by atoms with van der Waals surface area (Å²) >= 11 is 0. The predicted octanol–water partition coefficient (Wildman–Crippen LogP) is 2.66. The highest BCUT2D eigenvalue weighted by Crippen LogP contribution is 2.35. The van der Waals surface area contributed by atoms with E-state index >= 15 is 0 Å². The molecular weight excluding hydrogens is 240 g/mol. The van der Waals surface area contributed by atoms with Crippen LogP contribution in [0.5, 0.6) is 0 Å². The SMILES string of the molecule is CC(C)(CCO)CNC(=O)NC1CCCCC1(C)C. The van der Waals surface area contributed by atoms with Crippen LogP contribution in [0.15, 0.2) is 0 Å². The van der Waals surface area contributed by atoms with E-state index in [4.69, 9.17) is 5.11 Å². The Kier molecular flexibility index (Phi) is 5.65. The van der Waals surface area contributed by atoms with Gasteiger partial charge in [0.1, 0.15) is 0 Å². The number of hydrogen-bond acceptors (Lipinski definition) is 2. The number of nitrogens with one attached hydrogen (secondary N) is 2. The normalized spacial score (nSPS) is 22.9. The zero-order valence-corrected chi connectivity index (χ0v) is 12.9. The molecule has 1 aliphatic rings. The first kappa shape index (κ1) is 16.3. The standard InChI is InChI=1S/C15H30N2O2/c1-14(2,9-10-18)11-16-13(19)17-12-7-5-6-8-15(12,3)4/h12,18H,5-11H2,1-4H3,(H2,16,17,19). The third-order valence-corrected chi connectivity index (χ3v) is 4.33. The second-order valence-electron chi connectivity index (χ2n) is 7.25. The highest BCUT2D eigenvalue weighted by Gasteiger charge is 2.33. The van der Waals surface area contributed by atoms with Crippen LogP contribution in [0.1, 0.15) is 59.8 Å². The molecule has 19 heavy (non-hydrogen) atoms. The zero-order valence-electron chi connectivity index (χ0n) is 12.9. The minimum Gasteiger partial charge on any atom is -0.396 e. The molecule has 0 aromatic carbocycles. The first-order chi connectivity index (χ1) is 8.77. The second-order valence-corrected chi connectivity index (χ2v) is 7.25. The van der Waals surface area contributed by atoms with Gasteiger partial charge < -0.3 is 15.7 Å². The first-order valence-electron chi connectivity index (χ1n) is 7.42. The Balaban J connectivity index is 2.38. The van der Waals surface area contributed by atoms with Crippen molar-refractivity contribution in [2.45, 2.75) is 65.8 Å². The van der Waals surface area contributed by atoms with Gasteiger partial charge in [0, 0.05) is 19.2 Å². The van der Waals surface area contributed by atoms with Crippen LogP contribution in [0.25, 0.3) is 0 Å². The number of carbonyl (C=O) groups is 1. The van der Waals surface area contributed by atoms with Crippen molar-refractivity contribution in [1.82, 2.24) is 10.6 Å². The summed E-state index contributed by atoms with van der Waals surface area (Å²) in [5.74, 6) is 0. The summed E-state index contributed by atoms with van der Waals surface area (Å²) in [5.41, 5.74) is 0.129. The fourth-order valence-electron chi connectivity index (χ4n) is 2.68. The summed E-state index contributed by atoms with van der Waals surface area (Å²) in [5, 5.41) is 15.0. The molecule has 0 aromatic heterocycles. The van der Waals surface area contributed by atoms with E-state index in [1.54, 1.807) is 0 Å². The van der Waals surface area contributed by atoms with Gasteiger partial charge in [0.05, 0.1) is 0 Å². The molecule has 0 heterocycles. The zero-order chi connectivity index (χ0) is 14.5. The molecule has 0 spiro atoms. The number of aliphatic hydroxyl groups is 1. The van der Waals surface area contributed by atoms with Crippen molar-refractivity contribution in [3.63, 3.8) is 0 Å². The van der Waals surface area contributed by atoms with Gasteiger partial charge in [-0.1, -0.05) is 40.5 Å². The van der Waals surface area contributed by atoms with Crippen LogP contribution in [0.2, 0.25) is 0 Å². The fraction of sp³-hybridized carbons (Fsp3) is 0.933. The van der Waals surface area contributed by atoms with E-state index in [0.717, 1.165) is 6.42 Å². The quantitative estimate of drug-likeness (QED) is 0.719. The van der Waals surface area contributed by atoms with Crippen LogP contribution >= 0.6 is 0 Å². The molecular formula is C15H30N2O2. The van der Waals surface area contributed by atoms with Crippen molar-refractivity contribution in [3.05, 3.63) is 0 Å². The average Bonchev–Trinajstić information content (AvgIpc) is 2.29. The number of hydrogen-bond donors (Lipinski definition) is 3. The van der Waals surface area contributed by atoms with Gasteiger partial charge in [0.2, 0.25) is 0 Å². The molecule has 0 bridgehead atoms. The molecule has 1 fully saturated rings. The van der Waals surface area contributed by atoms with Crippen molar-refractivity contribution in [2.75, 3.05) is 13.2 Å². The number of carbonyl (C=O) groups excluding carboxylic acids is 1. The maximum atomic E-state index is 12.0. The summed E-state index contributed by atoms with van der Waals surface area (Å²) in [7, 11) is 0. The Bertz CT molecular complexity index is 301. The van der Waals surface area contributed by atoms with Gasteiger partial charge in [-0.05, 0) is 30.1 Å². The maximum absolute atomic E-state index is 12.0. The molecule has 1 aliphatic carbocycles. The Morgan fingerprint density at radius 1 is 1.37 bits per heavy atom. The number of amides is 2. The van der Waals surface area contributed by atoms with Crippen LogP contribution in [0, 0.1) is 10.8 Å². The Morgan fingerprint density at radius 3 is 2.63 bits per heavy atom. The fourth-order valence-corrected chi connectivity index (χ4v) is 2.68. The lowest BCUT2D eigenvalue weighted by Gasteiger charge is -2.39. The van der Waals surface area contributed by atoms with Crippen LogP contribution in [0.3, 0.4) is 0 Å². The highest BCUT2D eigenvalue weighted by atomic mass is 16.3. The molecule has 112 valence electrons. The Labute approximate surface area is 117 Å². The van der Waals surface area contributed by atoms with Crippen LogP contribution < -0.4 is 10.6 Å². The number of urea groups is 1. The largest absolute Gasteiger partial charge is 0.396 e. The van der Waals surface area contributed by atoms with Gasteiger partial charge >= 0.3 is 6.03 Å². The summed E-state index contributed by atoms with van der Waals surface area (Å²) < 4.78 is 0. The average molecular weight is 270 g/mol. The summed E-state index contributed by atoms with van der Waals surface area (Å²) in [6, 6.07) is 0.188. The highest BCUT2D eigenvalue weighted by molar-refractivity contribution is 5.74. The molecule has 4 heteroatoms. The molecule has 0 radical (unpaired) electrons. The van der Waals surface area contributed by atoms with Crippen LogP contribution in [-0.4, -0.2) is 30.3 Å². The van der Waals surface area contributed by atoms with Crippen molar-refractivity contribution in [3.8, 4) is 0 Å². The minimum atomic E-state index is -0.0778. The smallest absolute Gasteiger partial charge is 0.315 e. The van der Waals surface area contributed by atoms with E-state index in [1.807, 2.05) is 13.8 Å². The van der Waals surface area contributed by atoms with E-state index in [2.05, 4.69) is 24.5 Å². The topological polar surface area (TPSA) is 61.4 Å². The van der Waals surface area contributed by atoms with Gasteiger partial charge in [-0.2, -0.15) is 0 Å². The van der Waals surface area contributed by atoms with Crippen molar-refractivity contribution < 1.29 is 9.90 Å². The third kappa shape index (κ3) is 5.39. The lowest BCUT2D eigenvalue weighted by Crippen LogP contribution is -2.51. The minimum absolute atomic E-state index is 0.0613. The van der Waals surface area contributed by atoms with Gasteiger partial charge in [0.25, 0.3) is 0 Å².